The maximum absolute atomic E-state index is 12.0. The maximum atomic E-state index is 12.0. The molecule has 0 saturated carbocycles. The van der Waals surface area contributed by atoms with Crippen LogP contribution in [0.1, 0.15) is 0 Å². The van der Waals surface area contributed by atoms with Gasteiger partial charge in [-0.25, -0.2) is 9.78 Å². The summed E-state index contributed by atoms with van der Waals surface area (Å²) in [4.78, 5) is 33.8. The summed E-state index contributed by atoms with van der Waals surface area (Å²) in [6, 6.07) is -0.580. The third-order valence-electron chi connectivity index (χ3n) is 3.22. The predicted octanol–water partition coefficient (Wildman–Crippen LogP) is 0.251. The summed E-state index contributed by atoms with van der Waals surface area (Å²) in [6.45, 7) is 0.827. The molecule has 9 heteroatoms. The quantitative estimate of drug-likeness (QED) is 0.662. The number of halogens is 1. The topological polar surface area (TPSA) is 98.7 Å². The summed E-state index contributed by atoms with van der Waals surface area (Å²) >= 11 is 5.76. The first-order valence-electron chi connectivity index (χ1n) is 5.64. The van der Waals surface area contributed by atoms with Crippen molar-refractivity contribution in [2.45, 2.75) is 6.04 Å². The average molecular weight is 284 g/mol. The van der Waals surface area contributed by atoms with E-state index >= 15 is 0 Å². The van der Waals surface area contributed by atoms with Gasteiger partial charge in [-0.05, 0) is 11.6 Å². The van der Waals surface area contributed by atoms with Crippen molar-refractivity contribution < 1.29 is 14.7 Å². The highest BCUT2D eigenvalue weighted by molar-refractivity contribution is 6.28. The molecule has 2 N–H and O–H groups in total. The molecule has 2 aliphatic rings. The Morgan fingerprint density at radius 1 is 1.53 bits per heavy atom. The Morgan fingerprint density at radius 3 is 3.05 bits per heavy atom. The molecule has 1 saturated heterocycles. The first-order chi connectivity index (χ1) is 9.06. The molecule has 100 valence electrons. The summed E-state index contributed by atoms with van der Waals surface area (Å²) in [5.74, 6) is 0.277. The molecular weight excluding hydrogens is 274 g/mol. The lowest BCUT2D eigenvalue weighted by Crippen LogP contribution is -2.61. The highest BCUT2D eigenvalue weighted by Gasteiger charge is 2.39. The number of carbonyl (C=O) groups is 2. The molecule has 2 amide bonds. The molecule has 3 heterocycles. The molecule has 19 heavy (non-hydrogen) atoms. The fraction of sp³-hybridized carbons (Fsp3) is 0.400. The second kappa shape index (κ2) is 4.23. The number of nitrogens with one attached hydrogen (secondary N) is 1. The summed E-state index contributed by atoms with van der Waals surface area (Å²) in [7, 11) is 0. The van der Waals surface area contributed by atoms with E-state index in [1.54, 1.807) is 4.90 Å². The number of rotatable bonds is 0. The number of fused-ring (bicyclic) bond motifs is 3. The number of carboxylic acid groups (broad SMARTS) is 1. The van der Waals surface area contributed by atoms with E-state index in [0.29, 0.717) is 24.6 Å². The largest absolute Gasteiger partial charge is 0.465 e. The van der Waals surface area contributed by atoms with E-state index in [1.165, 1.54) is 11.1 Å². The molecule has 0 bridgehead atoms. The molecule has 1 aromatic rings. The average Bonchev–Trinajstić information content (AvgIpc) is 2.39. The number of amides is 2. The van der Waals surface area contributed by atoms with Crippen LogP contribution in [0, 0.1) is 0 Å². The molecule has 0 aliphatic carbocycles. The van der Waals surface area contributed by atoms with Gasteiger partial charge in [0.25, 0.3) is 0 Å². The van der Waals surface area contributed by atoms with Gasteiger partial charge in [-0.15, -0.1) is 0 Å². The number of hydrogen-bond donors (Lipinski definition) is 2. The lowest BCUT2D eigenvalue weighted by Gasteiger charge is -2.43. The zero-order valence-electron chi connectivity index (χ0n) is 9.71. The molecule has 1 unspecified atom stereocenters. The van der Waals surface area contributed by atoms with Gasteiger partial charge in [0.15, 0.2) is 5.82 Å². The van der Waals surface area contributed by atoms with Gasteiger partial charge < -0.3 is 20.2 Å². The maximum Gasteiger partial charge on any atom is 0.407 e. The van der Waals surface area contributed by atoms with Crippen LogP contribution in [-0.2, 0) is 4.79 Å². The number of nitrogens with zero attached hydrogens (tertiary/aromatic N) is 4. The van der Waals surface area contributed by atoms with Crippen LogP contribution in [0.2, 0.25) is 5.28 Å². The monoisotopic (exact) mass is 283 g/mol. The van der Waals surface area contributed by atoms with Gasteiger partial charge in [0.05, 0.1) is 12.7 Å². The fourth-order valence-corrected chi connectivity index (χ4v) is 2.44. The number of aromatic nitrogens is 2. The lowest BCUT2D eigenvalue weighted by atomic mass is 10.1. The molecule has 1 atom stereocenters. The van der Waals surface area contributed by atoms with Gasteiger partial charge in [0.2, 0.25) is 11.2 Å². The Kier molecular flexibility index (Phi) is 2.67. The zero-order chi connectivity index (χ0) is 13.6. The minimum Gasteiger partial charge on any atom is -0.465 e. The van der Waals surface area contributed by atoms with Gasteiger partial charge in [-0.1, -0.05) is 0 Å². The second-order valence-corrected chi connectivity index (χ2v) is 4.64. The van der Waals surface area contributed by atoms with Crippen molar-refractivity contribution >= 4 is 35.1 Å². The molecule has 0 aromatic carbocycles. The minimum absolute atomic E-state index is 0.0920. The van der Waals surface area contributed by atoms with Crippen molar-refractivity contribution in [1.29, 1.82) is 0 Å². The van der Waals surface area contributed by atoms with Gasteiger partial charge in [0.1, 0.15) is 11.7 Å². The van der Waals surface area contributed by atoms with E-state index < -0.39 is 12.1 Å². The summed E-state index contributed by atoms with van der Waals surface area (Å²) in [5.41, 5.74) is 0.495. The highest BCUT2D eigenvalue weighted by Crippen LogP contribution is 2.31. The summed E-state index contributed by atoms with van der Waals surface area (Å²) in [5, 5.41) is 11.7. The molecule has 0 radical (unpaired) electrons. The third kappa shape index (κ3) is 1.93. The molecule has 3 rings (SSSR count). The smallest absolute Gasteiger partial charge is 0.407 e. The van der Waals surface area contributed by atoms with Crippen molar-refractivity contribution in [2.24, 2.45) is 0 Å². The van der Waals surface area contributed by atoms with Crippen molar-refractivity contribution in [3.63, 3.8) is 0 Å². The van der Waals surface area contributed by atoms with Crippen LogP contribution in [-0.4, -0.2) is 57.7 Å². The number of piperazine rings is 1. The Morgan fingerprint density at radius 2 is 2.32 bits per heavy atom. The van der Waals surface area contributed by atoms with E-state index in [9.17, 15) is 9.59 Å². The lowest BCUT2D eigenvalue weighted by molar-refractivity contribution is -0.118. The normalized spacial score (nSPS) is 21.5. The van der Waals surface area contributed by atoms with E-state index in [0.717, 1.165) is 0 Å². The van der Waals surface area contributed by atoms with Crippen LogP contribution < -0.4 is 10.2 Å². The van der Waals surface area contributed by atoms with Crippen LogP contribution in [0.4, 0.5) is 16.3 Å². The van der Waals surface area contributed by atoms with Gasteiger partial charge in [0, 0.05) is 13.1 Å². The summed E-state index contributed by atoms with van der Waals surface area (Å²) in [6.07, 6.45) is 0.418. The standard InChI is InChI=1S/C10H10ClN5O3/c11-9-12-3-5-7(14-9)16-2-1-15(10(18)19)4-6(16)8(17)13-5/h3,6H,1-2,4H2,(H,13,17)(H,18,19). The molecule has 0 spiro atoms. The Bertz CT molecular complexity index is 566. The van der Waals surface area contributed by atoms with E-state index in [2.05, 4.69) is 15.3 Å². The van der Waals surface area contributed by atoms with E-state index in [-0.39, 0.29) is 17.7 Å². The van der Waals surface area contributed by atoms with Crippen LogP contribution in [0.15, 0.2) is 6.20 Å². The van der Waals surface area contributed by atoms with Crippen LogP contribution >= 0.6 is 11.6 Å². The second-order valence-electron chi connectivity index (χ2n) is 4.30. The number of carbonyl (C=O) groups excluding carboxylic acids is 1. The van der Waals surface area contributed by atoms with Crippen molar-refractivity contribution in [3.05, 3.63) is 11.5 Å². The van der Waals surface area contributed by atoms with Gasteiger partial charge >= 0.3 is 6.09 Å². The Hall–Kier alpha value is -2.09. The van der Waals surface area contributed by atoms with Crippen molar-refractivity contribution in [3.8, 4) is 0 Å². The highest BCUT2D eigenvalue weighted by atomic mass is 35.5. The SMILES string of the molecule is O=C1Nc2cnc(Cl)nc2N2CCN(C(=O)O)CC12. The van der Waals surface area contributed by atoms with E-state index in [4.69, 9.17) is 16.7 Å². The van der Waals surface area contributed by atoms with Crippen LogP contribution in [0.25, 0.3) is 0 Å². The fourth-order valence-electron chi connectivity index (χ4n) is 2.31. The van der Waals surface area contributed by atoms with Crippen LogP contribution in [0.3, 0.4) is 0 Å². The third-order valence-corrected chi connectivity index (χ3v) is 3.40. The molecule has 1 aromatic heterocycles. The number of hydrogen-bond acceptors (Lipinski definition) is 5. The Balaban J connectivity index is 1.96. The Labute approximate surface area is 113 Å². The predicted molar refractivity (Wildman–Crippen MR) is 66.4 cm³/mol. The number of anilines is 2. The van der Waals surface area contributed by atoms with Gasteiger partial charge in [-0.2, -0.15) is 4.98 Å². The first kappa shape index (κ1) is 12.0. The minimum atomic E-state index is -1.03. The van der Waals surface area contributed by atoms with E-state index in [1.807, 2.05) is 0 Å². The molecule has 8 nitrogen and oxygen atoms in total. The first-order valence-corrected chi connectivity index (χ1v) is 6.02. The molecular formula is C10H10ClN5O3. The molecule has 2 aliphatic heterocycles. The van der Waals surface area contributed by atoms with Crippen LogP contribution in [0.5, 0.6) is 0 Å². The van der Waals surface area contributed by atoms with Gasteiger partial charge in [-0.3, -0.25) is 4.79 Å². The summed E-state index contributed by atoms with van der Waals surface area (Å²) < 4.78 is 0. The van der Waals surface area contributed by atoms with Crippen molar-refractivity contribution in [2.75, 3.05) is 29.9 Å². The zero-order valence-corrected chi connectivity index (χ0v) is 10.5. The van der Waals surface area contributed by atoms with Crippen molar-refractivity contribution in [1.82, 2.24) is 14.9 Å². The molecule has 1 fully saturated rings.